The topological polar surface area (TPSA) is 40.5 Å². The summed E-state index contributed by atoms with van der Waals surface area (Å²) in [6, 6.07) is 2.93. The first-order chi connectivity index (χ1) is 6.50. The van der Waals surface area contributed by atoms with Crippen LogP contribution in [-0.2, 0) is 0 Å². The summed E-state index contributed by atoms with van der Waals surface area (Å²) in [6.45, 7) is -0.389. The van der Waals surface area contributed by atoms with Crippen LogP contribution in [0.1, 0.15) is 9.67 Å². The van der Waals surface area contributed by atoms with Crippen molar-refractivity contribution in [2.24, 2.45) is 0 Å². The maximum absolute atomic E-state index is 12.0. The predicted octanol–water partition coefficient (Wildman–Crippen LogP) is 2.15. The van der Waals surface area contributed by atoms with Crippen LogP contribution in [0.25, 0.3) is 0 Å². The van der Waals surface area contributed by atoms with Crippen LogP contribution in [-0.4, -0.2) is 31.1 Å². The molecule has 0 aliphatic carbocycles. The van der Waals surface area contributed by atoms with Gasteiger partial charge in [-0.1, -0.05) is 0 Å². The van der Waals surface area contributed by atoms with Gasteiger partial charge in [-0.3, -0.25) is 0 Å². The molecule has 0 unspecified atom stereocenters. The highest BCUT2D eigenvalue weighted by atomic mass is 32.1. The molecule has 0 aliphatic rings. The third-order valence-electron chi connectivity index (χ3n) is 1.59. The van der Waals surface area contributed by atoms with E-state index in [-0.39, 0.29) is 11.4 Å². The molecule has 0 aliphatic heterocycles. The van der Waals surface area contributed by atoms with Gasteiger partial charge >= 0.3 is 5.97 Å². The molecular formula is C8H9F2NO2S. The highest BCUT2D eigenvalue weighted by molar-refractivity contribution is 7.17. The summed E-state index contributed by atoms with van der Waals surface area (Å²) in [6.07, 6.45) is -2.42. The van der Waals surface area contributed by atoms with Crippen molar-refractivity contribution in [3.8, 4) is 0 Å². The number of rotatable bonds is 4. The smallest absolute Gasteiger partial charge is 0.345 e. The number of carboxylic acids is 1. The van der Waals surface area contributed by atoms with E-state index in [1.54, 1.807) is 0 Å². The van der Waals surface area contributed by atoms with Gasteiger partial charge in [0.25, 0.3) is 6.43 Å². The normalized spacial score (nSPS) is 10.6. The highest BCUT2D eigenvalue weighted by Crippen LogP contribution is 2.25. The summed E-state index contributed by atoms with van der Waals surface area (Å²) in [4.78, 5) is 12.0. The molecule has 0 aromatic carbocycles. The van der Waals surface area contributed by atoms with Crippen molar-refractivity contribution in [2.45, 2.75) is 6.43 Å². The van der Waals surface area contributed by atoms with Crippen molar-refractivity contribution < 1.29 is 18.7 Å². The van der Waals surface area contributed by atoms with E-state index in [0.29, 0.717) is 5.00 Å². The Labute approximate surface area is 83.6 Å². The minimum Gasteiger partial charge on any atom is -0.477 e. The summed E-state index contributed by atoms with van der Waals surface area (Å²) >= 11 is 0.984. The predicted molar refractivity (Wildman–Crippen MR) is 50.6 cm³/mol. The van der Waals surface area contributed by atoms with Crippen LogP contribution in [0, 0.1) is 0 Å². The number of anilines is 1. The molecule has 0 bridgehead atoms. The van der Waals surface area contributed by atoms with E-state index in [0.717, 1.165) is 11.3 Å². The molecular weight excluding hydrogens is 212 g/mol. The summed E-state index contributed by atoms with van der Waals surface area (Å²) < 4.78 is 24.0. The van der Waals surface area contributed by atoms with Gasteiger partial charge in [-0.25, -0.2) is 13.6 Å². The number of hydrogen-bond donors (Lipinski definition) is 1. The second kappa shape index (κ2) is 4.36. The highest BCUT2D eigenvalue weighted by Gasteiger charge is 2.12. The Kier molecular flexibility index (Phi) is 3.40. The molecule has 0 radical (unpaired) electrons. The quantitative estimate of drug-likeness (QED) is 0.846. The number of thiophene rings is 1. The van der Waals surface area contributed by atoms with E-state index in [9.17, 15) is 13.6 Å². The number of aromatic carboxylic acids is 1. The lowest BCUT2D eigenvalue weighted by molar-refractivity contribution is 0.0702. The number of carbonyl (C=O) groups is 1. The zero-order valence-corrected chi connectivity index (χ0v) is 8.22. The van der Waals surface area contributed by atoms with Crippen molar-refractivity contribution in [1.82, 2.24) is 0 Å². The molecule has 0 fully saturated rings. The number of carboxylic acid groups (broad SMARTS) is 1. The van der Waals surface area contributed by atoms with Crippen LogP contribution < -0.4 is 4.90 Å². The lowest BCUT2D eigenvalue weighted by Crippen LogP contribution is -2.22. The lowest BCUT2D eigenvalue weighted by Gasteiger charge is -2.15. The molecule has 1 rings (SSSR count). The molecule has 1 aromatic rings. The van der Waals surface area contributed by atoms with Crippen molar-refractivity contribution in [3.05, 3.63) is 17.0 Å². The van der Waals surface area contributed by atoms with Gasteiger partial charge < -0.3 is 10.0 Å². The van der Waals surface area contributed by atoms with Crippen LogP contribution in [0.2, 0.25) is 0 Å². The maximum Gasteiger partial charge on any atom is 0.345 e. The third-order valence-corrected chi connectivity index (χ3v) is 2.78. The molecule has 0 spiro atoms. The monoisotopic (exact) mass is 221 g/mol. The molecule has 3 nitrogen and oxygen atoms in total. The van der Waals surface area contributed by atoms with Crippen molar-refractivity contribution in [1.29, 1.82) is 0 Å². The first-order valence-corrected chi connectivity index (χ1v) is 4.64. The Morgan fingerprint density at radius 3 is 2.71 bits per heavy atom. The summed E-state index contributed by atoms with van der Waals surface area (Å²) in [5.41, 5.74) is 0. The third kappa shape index (κ3) is 2.66. The summed E-state index contributed by atoms with van der Waals surface area (Å²) in [7, 11) is 1.50. The largest absolute Gasteiger partial charge is 0.477 e. The first kappa shape index (κ1) is 10.9. The van der Waals surface area contributed by atoms with E-state index >= 15 is 0 Å². The molecule has 0 atom stereocenters. The molecule has 6 heteroatoms. The second-order valence-corrected chi connectivity index (χ2v) is 3.78. The van der Waals surface area contributed by atoms with Crippen LogP contribution in [0.4, 0.5) is 13.8 Å². The number of hydrogen-bond acceptors (Lipinski definition) is 3. The average Bonchev–Trinajstić information content (AvgIpc) is 2.50. The summed E-state index contributed by atoms with van der Waals surface area (Å²) in [5, 5.41) is 9.14. The Morgan fingerprint density at radius 2 is 2.29 bits per heavy atom. The van der Waals surface area contributed by atoms with Crippen molar-refractivity contribution in [3.63, 3.8) is 0 Å². The zero-order valence-electron chi connectivity index (χ0n) is 7.41. The number of alkyl halides is 2. The molecule has 1 heterocycles. The fourth-order valence-electron chi connectivity index (χ4n) is 0.945. The lowest BCUT2D eigenvalue weighted by atomic mass is 10.4. The molecule has 14 heavy (non-hydrogen) atoms. The van der Waals surface area contributed by atoms with Crippen LogP contribution in [0.3, 0.4) is 0 Å². The van der Waals surface area contributed by atoms with Crippen LogP contribution >= 0.6 is 11.3 Å². The fourth-order valence-corrected chi connectivity index (χ4v) is 1.76. The van der Waals surface area contributed by atoms with Crippen molar-refractivity contribution in [2.75, 3.05) is 18.5 Å². The molecule has 0 saturated heterocycles. The van der Waals surface area contributed by atoms with E-state index in [1.165, 1.54) is 24.1 Å². The fraction of sp³-hybridized carbons (Fsp3) is 0.375. The van der Waals surface area contributed by atoms with E-state index in [2.05, 4.69) is 0 Å². The average molecular weight is 221 g/mol. The van der Waals surface area contributed by atoms with E-state index in [4.69, 9.17) is 5.11 Å². The second-order valence-electron chi connectivity index (χ2n) is 2.71. The van der Waals surface area contributed by atoms with Gasteiger partial charge in [0.15, 0.2) is 0 Å². The van der Waals surface area contributed by atoms with Gasteiger partial charge in [0.2, 0.25) is 0 Å². The van der Waals surface area contributed by atoms with Crippen LogP contribution in [0.15, 0.2) is 12.1 Å². The van der Waals surface area contributed by atoms with E-state index < -0.39 is 12.4 Å². The van der Waals surface area contributed by atoms with Crippen LogP contribution in [0.5, 0.6) is 0 Å². The van der Waals surface area contributed by atoms with Gasteiger partial charge in [0.1, 0.15) is 4.88 Å². The summed E-state index contributed by atoms with van der Waals surface area (Å²) in [5.74, 6) is -1.04. The molecule has 0 saturated carbocycles. The molecule has 0 amide bonds. The standard InChI is InChI=1S/C8H9F2NO2S/c1-11(4-6(9)10)7-3-2-5(14-7)8(12)13/h2-3,6H,4H2,1H3,(H,12,13). The Morgan fingerprint density at radius 1 is 1.64 bits per heavy atom. The molecule has 1 aromatic heterocycles. The van der Waals surface area contributed by atoms with Crippen molar-refractivity contribution >= 4 is 22.3 Å². The minimum absolute atomic E-state index is 0.154. The Balaban J connectivity index is 2.71. The maximum atomic E-state index is 12.0. The minimum atomic E-state index is -2.42. The van der Waals surface area contributed by atoms with E-state index in [1.807, 2.05) is 0 Å². The van der Waals surface area contributed by atoms with Gasteiger partial charge in [-0.15, -0.1) is 11.3 Å². The van der Waals surface area contributed by atoms with Gasteiger partial charge in [-0.2, -0.15) is 0 Å². The zero-order chi connectivity index (χ0) is 10.7. The first-order valence-electron chi connectivity index (χ1n) is 3.83. The molecule has 1 N–H and O–H groups in total. The molecule has 78 valence electrons. The SMILES string of the molecule is CN(CC(F)F)c1ccc(C(=O)O)s1. The van der Waals surface area contributed by atoms with Gasteiger partial charge in [0, 0.05) is 7.05 Å². The number of halogens is 2. The van der Waals surface area contributed by atoms with Gasteiger partial charge in [-0.05, 0) is 12.1 Å². The Bertz CT molecular complexity index is 327. The Hall–Kier alpha value is -1.17. The number of nitrogens with zero attached hydrogens (tertiary/aromatic N) is 1. The van der Waals surface area contributed by atoms with Gasteiger partial charge in [0.05, 0.1) is 11.5 Å².